The maximum Gasteiger partial charge on any atom is 0.252 e. The first-order chi connectivity index (χ1) is 12.3. The van der Waals surface area contributed by atoms with E-state index < -0.39 is 32.5 Å². The molecule has 3 rings (SSSR count). The molecule has 8 heteroatoms. The maximum absolute atomic E-state index is 13.0. The number of carbonyl (C=O) groups excluding carboxylic acids is 1. The van der Waals surface area contributed by atoms with Gasteiger partial charge < -0.3 is 5.11 Å². The first-order valence-electron chi connectivity index (χ1n) is 7.56. The normalized spacial score (nSPS) is 11.3. The molecule has 0 atom stereocenters. The van der Waals surface area contributed by atoms with Crippen molar-refractivity contribution < 1.29 is 18.3 Å². The van der Waals surface area contributed by atoms with E-state index in [0.717, 1.165) is 17.8 Å². The molecule has 0 fully saturated rings. The lowest BCUT2D eigenvalue weighted by Gasteiger charge is -2.13. The van der Waals surface area contributed by atoms with E-state index in [1.165, 1.54) is 24.3 Å². The second-order valence-corrected chi connectivity index (χ2v) is 7.40. The molecule has 7 nitrogen and oxygen atoms in total. The van der Waals surface area contributed by atoms with Gasteiger partial charge in [-0.05, 0) is 24.3 Å². The molecule has 0 aliphatic rings. The summed E-state index contributed by atoms with van der Waals surface area (Å²) in [6.07, 6.45) is 0.980. The third-order valence-corrected chi connectivity index (χ3v) is 5.51. The van der Waals surface area contributed by atoms with Gasteiger partial charge in [-0.15, -0.1) is 0 Å². The van der Waals surface area contributed by atoms with Gasteiger partial charge in [-0.3, -0.25) is 9.59 Å². The summed E-state index contributed by atoms with van der Waals surface area (Å²) < 4.78 is 26.9. The van der Waals surface area contributed by atoms with Crippen LogP contribution in [0.1, 0.15) is 17.4 Å². The Kier molecular flexibility index (Phi) is 4.43. The topological polar surface area (TPSA) is 106 Å². The van der Waals surface area contributed by atoms with Crippen molar-refractivity contribution in [1.29, 1.82) is 0 Å². The summed E-state index contributed by atoms with van der Waals surface area (Å²) in [4.78, 5) is 23.4. The molecule has 0 spiro atoms. The van der Waals surface area contributed by atoms with Crippen molar-refractivity contribution >= 4 is 15.6 Å². The molecule has 0 aliphatic heterocycles. The summed E-state index contributed by atoms with van der Waals surface area (Å²) in [6.45, 7) is 1.14. The second-order valence-electron chi connectivity index (χ2n) is 5.48. The Balaban J connectivity index is 2.28. The number of benzene rings is 2. The van der Waals surface area contributed by atoms with E-state index in [1.54, 1.807) is 30.3 Å². The van der Waals surface area contributed by atoms with Gasteiger partial charge in [0.05, 0.1) is 21.7 Å². The van der Waals surface area contributed by atoms with Crippen LogP contribution < -0.4 is 5.43 Å². The lowest BCUT2D eigenvalue weighted by Crippen LogP contribution is -2.20. The largest absolute Gasteiger partial charge is 0.503 e. The number of nitrogens with zero attached hydrogens (tertiary/aromatic N) is 2. The maximum atomic E-state index is 13.0. The van der Waals surface area contributed by atoms with Crippen LogP contribution in [-0.4, -0.2) is 29.1 Å². The van der Waals surface area contributed by atoms with E-state index in [1.807, 2.05) is 0 Å². The molecule has 1 heterocycles. The number of sulfone groups is 1. The van der Waals surface area contributed by atoms with Crippen LogP contribution in [0.5, 0.6) is 5.75 Å². The number of hydrogen-bond donors (Lipinski definition) is 1. The molecular formula is C18H14N2O5S. The molecule has 0 saturated carbocycles. The molecule has 1 aromatic heterocycles. The zero-order chi connectivity index (χ0) is 18.9. The van der Waals surface area contributed by atoms with Crippen molar-refractivity contribution in [2.75, 3.05) is 0 Å². The SMILES string of the molecule is CC(=O)c1nn(-c2ccccc2S(=O)(=O)c2ccccc2)cc(O)c1=O. The van der Waals surface area contributed by atoms with Gasteiger partial charge in [0, 0.05) is 6.92 Å². The van der Waals surface area contributed by atoms with E-state index in [0.29, 0.717) is 0 Å². The quantitative estimate of drug-likeness (QED) is 0.704. The average Bonchev–Trinajstić information content (AvgIpc) is 2.64. The molecule has 0 radical (unpaired) electrons. The van der Waals surface area contributed by atoms with Gasteiger partial charge >= 0.3 is 0 Å². The standard InChI is InChI=1S/C18H14N2O5S/c1-12(21)17-18(23)15(22)11-20(19-17)14-9-5-6-10-16(14)26(24,25)13-7-3-2-4-8-13/h2-11,22H,1H3. The predicted molar refractivity (Wildman–Crippen MR) is 93.4 cm³/mol. The third-order valence-electron chi connectivity index (χ3n) is 3.69. The lowest BCUT2D eigenvalue weighted by molar-refractivity contribution is 0.100. The summed E-state index contributed by atoms with van der Waals surface area (Å²) in [5, 5.41) is 13.7. The minimum absolute atomic E-state index is 0.0729. The molecule has 26 heavy (non-hydrogen) atoms. The van der Waals surface area contributed by atoms with Crippen LogP contribution in [0, 0.1) is 0 Å². The van der Waals surface area contributed by atoms with Gasteiger partial charge in [0.25, 0.3) is 5.43 Å². The molecule has 0 bridgehead atoms. The van der Waals surface area contributed by atoms with E-state index in [9.17, 15) is 23.1 Å². The first-order valence-corrected chi connectivity index (χ1v) is 9.04. The molecule has 0 unspecified atom stereocenters. The minimum atomic E-state index is -3.88. The van der Waals surface area contributed by atoms with Gasteiger partial charge in [0.1, 0.15) is 0 Å². The highest BCUT2D eigenvalue weighted by atomic mass is 32.2. The number of aromatic nitrogens is 2. The molecule has 0 aliphatic carbocycles. The zero-order valence-electron chi connectivity index (χ0n) is 13.7. The highest BCUT2D eigenvalue weighted by Crippen LogP contribution is 2.26. The average molecular weight is 370 g/mol. The minimum Gasteiger partial charge on any atom is -0.503 e. The van der Waals surface area contributed by atoms with Crippen LogP contribution in [0.3, 0.4) is 0 Å². The molecule has 1 N–H and O–H groups in total. The van der Waals surface area contributed by atoms with Crippen LogP contribution in [0.4, 0.5) is 0 Å². The van der Waals surface area contributed by atoms with Crippen molar-refractivity contribution in [3.8, 4) is 11.4 Å². The number of hydrogen-bond acceptors (Lipinski definition) is 6. The van der Waals surface area contributed by atoms with Crippen LogP contribution in [-0.2, 0) is 9.84 Å². The van der Waals surface area contributed by atoms with E-state index in [2.05, 4.69) is 5.10 Å². The number of rotatable bonds is 4. The Morgan fingerprint density at radius 2 is 1.65 bits per heavy atom. The summed E-state index contributed by atoms with van der Waals surface area (Å²) in [6, 6.07) is 13.8. The molecule has 3 aromatic rings. The summed E-state index contributed by atoms with van der Waals surface area (Å²) in [5.74, 6) is -1.33. The van der Waals surface area contributed by atoms with Gasteiger partial charge in [-0.1, -0.05) is 30.3 Å². The van der Waals surface area contributed by atoms with Crippen LogP contribution in [0.2, 0.25) is 0 Å². The highest BCUT2D eigenvalue weighted by molar-refractivity contribution is 7.91. The fourth-order valence-electron chi connectivity index (χ4n) is 2.43. The van der Waals surface area contributed by atoms with Crippen molar-refractivity contribution in [3.05, 3.63) is 76.7 Å². The Hall–Kier alpha value is -3.26. The molecule has 132 valence electrons. The number of aromatic hydroxyl groups is 1. The molecule has 0 saturated heterocycles. The smallest absolute Gasteiger partial charge is 0.252 e. The van der Waals surface area contributed by atoms with Crippen molar-refractivity contribution in [2.45, 2.75) is 16.7 Å². The van der Waals surface area contributed by atoms with Crippen LogP contribution in [0.15, 0.2) is 75.4 Å². The fraction of sp³-hybridized carbons (Fsp3) is 0.0556. The van der Waals surface area contributed by atoms with Gasteiger partial charge in [0.2, 0.25) is 9.84 Å². The molecule has 0 amide bonds. The Morgan fingerprint density at radius 1 is 1.04 bits per heavy atom. The van der Waals surface area contributed by atoms with Gasteiger partial charge in [-0.2, -0.15) is 5.10 Å². The monoisotopic (exact) mass is 370 g/mol. The van der Waals surface area contributed by atoms with E-state index in [-0.39, 0.29) is 15.5 Å². The molecule has 2 aromatic carbocycles. The summed E-state index contributed by atoms with van der Waals surface area (Å²) in [5.41, 5.74) is -1.27. The number of ketones is 1. The van der Waals surface area contributed by atoms with E-state index in [4.69, 9.17) is 0 Å². The van der Waals surface area contributed by atoms with Crippen molar-refractivity contribution in [2.24, 2.45) is 0 Å². The number of carbonyl (C=O) groups is 1. The van der Waals surface area contributed by atoms with Crippen LogP contribution in [0.25, 0.3) is 5.69 Å². The number of para-hydroxylation sites is 1. The predicted octanol–water partition coefficient (Wildman–Crippen LogP) is 1.97. The second kappa shape index (κ2) is 6.57. The van der Waals surface area contributed by atoms with E-state index >= 15 is 0 Å². The highest BCUT2D eigenvalue weighted by Gasteiger charge is 2.23. The Bertz CT molecular complexity index is 1150. The van der Waals surface area contributed by atoms with Gasteiger partial charge in [0.15, 0.2) is 17.2 Å². The number of Topliss-reactive ketones (excluding diaryl/α,β-unsaturated/α-hetero) is 1. The lowest BCUT2D eigenvalue weighted by atomic mass is 10.2. The Morgan fingerprint density at radius 3 is 2.31 bits per heavy atom. The zero-order valence-corrected chi connectivity index (χ0v) is 14.5. The summed E-state index contributed by atoms with van der Waals surface area (Å²) in [7, 11) is -3.88. The Labute approximate surface area is 149 Å². The first kappa shape index (κ1) is 17.6. The molecular weight excluding hydrogens is 356 g/mol. The fourth-order valence-corrected chi connectivity index (χ4v) is 3.90. The third kappa shape index (κ3) is 3.02. The van der Waals surface area contributed by atoms with Crippen molar-refractivity contribution in [1.82, 2.24) is 9.78 Å². The van der Waals surface area contributed by atoms with Gasteiger partial charge in [-0.25, -0.2) is 13.1 Å². The van der Waals surface area contributed by atoms with Crippen molar-refractivity contribution in [3.63, 3.8) is 0 Å². The summed E-state index contributed by atoms with van der Waals surface area (Å²) >= 11 is 0. The van der Waals surface area contributed by atoms with Crippen LogP contribution >= 0.6 is 0 Å².